The van der Waals surface area contributed by atoms with Gasteiger partial charge in [0, 0.05) is 19.3 Å². The molecule has 3 heterocycles. The Morgan fingerprint density at radius 1 is 1.45 bits per heavy atom. The second kappa shape index (κ2) is 5.87. The van der Waals surface area contributed by atoms with E-state index in [0.29, 0.717) is 12.4 Å². The van der Waals surface area contributed by atoms with Crippen molar-refractivity contribution in [1.82, 2.24) is 14.9 Å². The fourth-order valence-electron chi connectivity index (χ4n) is 2.50. The van der Waals surface area contributed by atoms with E-state index < -0.39 is 0 Å². The molecule has 1 fully saturated rings. The van der Waals surface area contributed by atoms with Crippen molar-refractivity contribution in [2.24, 2.45) is 0 Å². The number of thiophene rings is 1. The van der Waals surface area contributed by atoms with Crippen LogP contribution in [0.5, 0.6) is 0 Å². The summed E-state index contributed by atoms with van der Waals surface area (Å²) >= 11 is 1.70. The smallest absolute Gasteiger partial charge is 0.144 e. The van der Waals surface area contributed by atoms with Crippen LogP contribution in [0.2, 0.25) is 0 Å². The molecular weight excluding hydrogens is 272 g/mol. The predicted octanol–water partition coefficient (Wildman–Crippen LogP) is 2.08. The minimum Gasteiger partial charge on any atom is -0.384 e. The van der Waals surface area contributed by atoms with Crippen LogP contribution < -0.4 is 5.73 Å². The Morgan fingerprint density at radius 3 is 3.10 bits per heavy atom. The van der Waals surface area contributed by atoms with Gasteiger partial charge in [0.05, 0.1) is 18.8 Å². The van der Waals surface area contributed by atoms with Crippen LogP contribution in [-0.4, -0.2) is 34.1 Å². The molecule has 0 aromatic carbocycles. The second-order valence-corrected chi connectivity index (χ2v) is 5.86. The van der Waals surface area contributed by atoms with Crippen LogP contribution in [0.15, 0.2) is 29.1 Å². The van der Waals surface area contributed by atoms with Gasteiger partial charge in [-0.25, -0.2) is 9.97 Å². The van der Waals surface area contributed by atoms with E-state index >= 15 is 0 Å². The third-order valence-corrected chi connectivity index (χ3v) is 4.04. The molecule has 6 heteroatoms. The molecule has 0 spiro atoms. The molecule has 2 N–H and O–H groups in total. The molecule has 1 saturated heterocycles. The highest BCUT2D eigenvalue weighted by Gasteiger charge is 2.27. The first-order chi connectivity index (χ1) is 9.70. The number of hydrogen-bond acceptors (Lipinski definition) is 6. The Bertz CT molecular complexity index is 560. The van der Waals surface area contributed by atoms with E-state index in [4.69, 9.17) is 10.5 Å². The van der Waals surface area contributed by atoms with Crippen LogP contribution >= 0.6 is 11.3 Å². The molecule has 0 aliphatic carbocycles. The summed E-state index contributed by atoms with van der Waals surface area (Å²) in [5, 5.41) is 4.24. The quantitative estimate of drug-likeness (QED) is 0.937. The highest BCUT2D eigenvalue weighted by atomic mass is 32.1. The van der Waals surface area contributed by atoms with E-state index in [-0.39, 0.29) is 12.2 Å². The third-order valence-electron chi connectivity index (χ3n) is 3.34. The van der Waals surface area contributed by atoms with Crippen LogP contribution in [0, 0.1) is 0 Å². The molecule has 0 radical (unpaired) electrons. The van der Waals surface area contributed by atoms with E-state index in [9.17, 15) is 0 Å². The molecular formula is C14H18N4OS. The molecule has 1 aliphatic heterocycles. The zero-order valence-corrected chi connectivity index (χ0v) is 12.2. The number of hydrogen-bond donors (Lipinski definition) is 1. The molecule has 20 heavy (non-hydrogen) atoms. The van der Waals surface area contributed by atoms with Gasteiger partial charge in [0.1, 0.15) is 11.6 Å². The number of aromatic nitrogens is 2. The molecule has 0 amide bonds. The van der Waals surface area contributed by atoms with Gasteiger partial charge in [0.15, 0.2) is 0 Å². The Morgan fingerprint density at radius 2 is 2.35 bits per heavy atom. The highest BCUT2D eigenvalue weighted by molar-refractivity contribution is 7.07. The number of anilines is 1. The summed E-state index contributed by atoms with van der Waals surface area (Å²) < 4.78 is 6.02. The number of nitrogen functional groups attached to an aromatic ring is 1. The lowest BCUT2D eigenvalue weighted by Crippen LogP contribution is -2.42. The molecule has 106 valence electrons. The van der Waals surface area contributed by atoms with Crippen molar-refractivity contribution in [2.75, 3.05) is 18.8 Å². The SMILES string of the molecule is CC1CN(Cc2nccc(N)n2)CC(c2ccsc2)O1. The first-order valence-electron chi connectivity index (χ1n) is 6.68. The van der Waals surface area contributed by atoms with E-state index in [1.807, 2.05) is 0 Å². The summed E-state index contributed by atoms with van der Waals surface area (Å²) in [5.74, 6) is 1.29. The fourth-order valence-corrected chi connectivity index (χ4v) is 3.20. The normalized spacial score (nSPS) is 23.9. The van der Waals surface area contributed by atoms with E-state index in [2.05, 4.69) is 38.6 Å². The predicted molar refractivity (Wildman–Crippen MR) is 79.3 cm³/mol. The van der Waals surface area contributed by atoms with Gasteiger partial charge in [-0.1, -0.05) is 0 Å². The number of rotatable bonds is 3. The van der Waals surface area contributed by atoms with Gasteiger partial charge in [-0.2, -0.15) is 11.3 Å². The Hall–Kier alpha value is -1.50. The largest absolute Gasteiger partial charge is 0.384 e. The second-order valence-electron chi connectivity index (χ2n) is 5.08. The fraction of sp³-hybridized carbons (Fsp3) is 0.429. The number of ether oxygens (including phenoxy) is 1. The molecule has 2 atom stereocenters. The molecule has 2 aromatic heterocycles. The van der Waals surface area contributed by atoms with E-state index in [0.717, 1.165) is 18.9 Å². The summed E-state index contributed by atoms with van der Waals surface area (Å²) in [7, 11) is 0. The maximum Gasteiger partial charge on any atom is 0.144 e. The zero-order valence-electron chi connectivity index (χ0n) is 11.4. The average molecular weight is 290 g/mol. The standard InChI is InChI=1S/C14H18N4OS/c1-10-6-18(8-14-16-4-2-13(15)17-14)7-12(19-10)11-3-5-20-9-11/h2-5,9-10,12H,6-8H2,1H3,(H2,15,16,17). The van der Waals surface area contributed by atoms with Crippen molar-refractivity contribution >= 4 is 17.2 Å². The maximum absolute atomic E-state index is 6.02. The molecule has 3 rings (SSSR count). The van der Waals surface area contributed by atoms with E-state index in [1.54, 1.807) is 23.6 Å². The lowest BCUT2D eigenvalue weighted by Gasteiger charge is -2.36. The molecule has 0 saturated carbocycles. The lowest BCUT2D eigenvalue weighted by atomic mass is 10.1. The van der Waals surface area contributed by atoms with Crippen LogP contribution in [0.3, 0.4) is 0 Å². The van der Waals surface area contributed by atoms with Gasteiger partial charge < -0.3 is 10.5 Å². The van der Waals surface area contributed by atoms with Crippen molar-refractivity contribution in [3.05, 3.63) is 40.5 Å². The Kier molecular flexibility index (Phi) is 3.95. The molecule has 1 aliphatic rings. The van der Waals surface area contributed by atoms with Crippen LogP contribution in [0.1, 0.15) is 24.4 Å². The maximum atomic E-state index is 6.02. The van der Waals surface area contributed by atoms with Crippen LogP contribution in [0.25, 0.3) is 0 Å². The van der Waals surface area contributed by atoms with Crippen molar-refractivity contribution in [3.63, 3.8) is 0 Å². The highest BCUT2D eigenvalue weighted by Crippen LogP contribution is 2.27. The van der Waals surface area contributed by atoms with Gasteiger partial charge in [0.2, 0.25) is 0 Å². The first-order valence-corrected chi connectivity index (χ1v) is 7.62. The van der Waals surface area contributed by atoms with Gasteiger partial charge in [-0.3, -0.25) is 4.90 Å². The van der Waals surface area contributed by atoms with Crippen molar-refractivity contribution in [3.8, 4) is 0 Å². The van der Waals surface area contributed by atoms with E-state index in [1.165, 1.54) is 5.56 Å². The summed E-state index contributed by atoms with van der Waals surface area (Å²) in [6.07, 6.45) is 2.04. The summed E-state index contributed by atoms with van der Waals surface area (Å²) in [6.45, 7) is 4.56. The monoisotopic (exact) mass is 290 g/mol. The topological polar surface area (TPSA) is 64.3 Å². The minimum atomic E-state index is 0.131. The van der Waals surface area contributed by atoms with Crippen LogP contribution in [0.4, 0.5) is 5.82 Å². The average Bonchev–Trinajstić information content (AvgIpc) is 2.91. The van der Waals surface area contributed by atoms with Crippen LogP contribution in [-0.2, 0) is 11.3 Å². The molecule has 5 nitrogen and oxygen atoms in total. The van der Waals surface area contributed by atoms with Gasteiger partial charge in [-0.15, -0.1) is 0 Å². The van der Waals surface area contributed by atoms with Crippen molar-refractivity contribution in [2.45, 2.75) is 25.7 Å². The Labute approximate surface area is 122 Å². The summed E-state index contributed by atoms with van der Waals surface area (Å²) in [5.41, 5.74) is 6.95. The molecule has 0 bridgehead atoms. The molecule has 2 aromatic rings. The van der Waals surface area contributed by atoms with Crippen molar-refractivity contribution < 1.29 is 4.74 Å². The number of nitrogens with zero attached hydrogens (tertiary/aromatic N) is 3. The Balaban J connectivity index is 1.70. The number of nitrogens with two attached hydrogens (primary N) is 1. The molecule has 2 unspecified atom stereocenters. The van der Waals surface area contributed by atoms with Gasteiger partial charge in [-0.05, 0) is 35.4 Å². The zero-order chi connectivity index (χ0) is 13.9. The van der Waals surface area contributed by atoms with Crippen molar-refractivity contribution in [1.29, 1.82) is 0 Å². The van der Waals surface area contributed by atoms with Gasteiger partial charge in [0.25, 0.3) is 0 Å². The lowest BCUT2D eigenvalue weighted by molar-refractivity contribution is -0.0818. The summed E-state index contributed by atoms with van der Waals surface area (Å²) in [6, 6.07) is 3.84. The third kappa shape index (κ3) is 3.15. The minimum absolute atomic E-state index is 0.131. The first kappa shape index (κ1) is 13.5. The summed E-state index contributed by atoms with van der Waals surface area (Å²) in [4.78, 5) is 10.9. The number of morpholine rings is 1. The van der Waals surface area contributed by atoms with Gasteiger partial charge >= 0.3 is 0 Å².